The van der Waals surface area contributed by atoms with Gasteiger partial charge in [-0.15, -0.1) is 11.3 Å². The SMILES string of the molecule is CCCC1(c2nc(-c3cc(Br)cs3)no2)CCNCC1. The maximum absolute atomic E-state index is 5.63. The standard InChI is InChI=1S/C14H18BrN3OS/c1-2-3-14(4-6-16-7-5-14)13-17-12(18-19-13)11-8-10(15)9-20-11/h8-9,16H,2-7H2,1H3. The summed E-state index contributed by atoms with van der Waals surface area (Å²) in [6.45, 7) is 4.28. The van der Waals surface area contributed by atoms with E-state index in [0.29, 0.717) is 5.82 Å². The van der Waals surface area contributed by atoms with E-state index in [-0.39, 0.29) is 5.41 Å². The molecule has 1 N–H and O–H groups in total. The molecule has 1 aliphatic rings. The molecule has 0 amide bonds. The van der Waals surface area contributed by atoms with Crippen LogP contribution in [0.4, 0.5) is 0 Å². The van der Waals surface area contributed by atoms with Crippen LogP contribution < -0.4 is 5.32 Å². The largest absolute Gasteiger partial charge is 0.338 e. The highest BCUT2D eigenvalue weighted by Gasteiger charge is 2.38. The van der Waals surface area contributed by atoms with Crippen molar-refractivity contribution in [2.24, 2.45) is 0 Å². The minimum absolute atomic E-state index is 0.0692. The number of halogens is 1. The fourth-order valence-electron chi connectivity index (χ4n) is 2.92. The van der Waals surface area contributed by atoms with Crippen molar-refractivity contribution >= 4 is 27.3 Å². The molecule has 6 heteroatoms. The second-order valence-corrected chi connectivity index (χ2v) is 7.16. The highest BCUT2D eigenvalue weighted by molar-refractivity contribution is 9.10. The third-order valence-corrected chi connectivity index (χ3v) is 5.64. The molecule has 0 bridgehead atoms. The van der Waals surface area contributed by atoms with Gasteiger partial charge in [-0.1, -0.05) is 18.5 Å². The first kappa shape index (κ1) is 14.2. The van der Waals surface area contributed by atoms with Crippen LogP contribution in [0.25, 0.3) is 10.7 Å². The number of hydrogen-bond donors (Lipinski definition) is 1. The average molecular weight is 356 g/mol. The Balaban J connectivity index is 1.90. The Morgan fingerprint density at radius 1 is 1.45 bits per heavy atom. The van der Waals surface area contributed by atoms with Crippen LogP contribution in [0, 0.1) is 0 Å². The zero-order chi connectivity index (χ0) is 14.0. The van der Waals surface area contributed by atoms with Gasteiger partial charge in [0.05, 0.1) is 10.3 Å². The topological polar surface area (TPSA) is 51.0 Å². The smallest absolute Gasteiger partial charge is 0.233 e. The summed E-state index contributed by atoms with van der Waals surface area (Å²) in [6.07, 6.45) is 4.42. The Morgan fingerprint density at radius 3 is 2.90 bits per heavy atom. The molecule has 0 radical (unpaired) electrons. The van der Waals surface area contributed by atoms with E-state index in [2.05, 4.69) is 33.3 Å². The Hall–Kier alpha value is -0.720. The van der Waals surface area contributed by atoms with Crippen LogP contribution in [0.3, 0.4) is 0 Å². The highest BCUT2D eigenvalue weighted by atomic mass is 79.9. The molecule has 3 heterocycles. The zero-order valence-corrected chi connectivity index (χ0v) is 13.9. The molecule has 3 rings (SSSR count). The lowest BCUT2D eigenvalue weighted by Crippen LogP contribution is -2.40. The molecule has 2 aromatic heterocycles. The van der Waals surface area contributed by atoms with Gasteiger partial charge in [0.2, 0.25) is 11.7 Å². The summed E-state index contributed by atoms with van der Waals surface area (Å²) in [5.74, 6) is 1.53. The Morgan fingerprint density at radius 2 is 2.25 bits per heavy atom. The molecule has 20 heavy (non-hydrogen) atoms. The van der Waals surface area contributed by atoms with Gasteiger partial charge in [-0.25, -0.2) is 0 Å². The number of hydrogen-bond acceptors (Lipinski definition) is 5. The van der Waals surface area contributed by atoms with E-state index in [4.69, 9.17) is 9.51 Å². The van der Waals surface area contributed by atoms with E-state index in [9.17, 15) is 0 Å². The van der Waals surface area contributed by atoms with Gasteiger partial charge in [-0.05, 0) is 54.3 Å². The summed E-state index contributed by atoms with van der Waals surface area (Å²) in [4.78, 5) is 5.74. The van der Waals surface area contributed by atoms with Crippen molar-refractivity contribution in [1.29, 1.82) is 0 Å². The van der Waals surface area contributed by atoms with Gasteiger partial charge in [0.25, 0.3) is 0 Å². The molecule has 0 aromatic carbocycles. The van der Waals surface area contributed by atoms with E-state index in [1.807, 2.05) is 11.4 Å². The number of piperidine rings is 1. The second-order valence-electron chi connectivity index (χ2n) is 5.33. The molecule has 0 aliphatic carbocycles. The van der Waals surface area contributed by atoms with Gasteiger partial charge in [-0.3, -0.25) is 0 Å². The molecule has 0 unspecified atom stereocenters. The molecule has 2 aromatic rings. The number of rotatable bonds is 4. The van der Waals surface area contributed by atoms with Gasteiger partial charge in [0.15, 0.2) is 0 Å². The minimum atomic E-state index is 0.0692. The van der Waals surface area contributed by atoms with Crippen LogP contribution in [0.15, 0.2) is 20.4 Å². The van der Waals surface area contributed by atoms with Crippen molar-refractivity contribution in [3.05, 3.63) is 21.8 Å². The lowest BCUT2D eigenvalue weighted by Gasteiger charge is -2.34. The predicted octanol–water partition coefficient (Wildman–Crippen LogP) is 3.98. The van der Waals surface area contributed by atoms with E-state index < -0.39 is 0 Å². The van der Waals surface area contributed by atoms with Crippen molar-refractivity contribution in [3.63, 3.8) is 0 Å². The van der Waals surface area contributed by atoms with Crippen molar-refractivity contribution in [1.82, 2.24) is 15.5 Å². The first-order chi connectivity index (χ1) is 9.73. The van der Waals surface area contributed by atoms with Crippen LogP contribution >= 0.6 is 27.3 Å². The van der Waals surface area contributed by atoms with Crippen molar-refractivity contribution < 1.29 is 4.52 Å². The summed E-state index contributed by atoms with van der Waals surface area (Å²) in [6, 6.07) is 2.04. The predicted molar refractivity (Wildman–Crippen MR) is 84.0 cm³/mol. The molecule has 0 spiro atoms. The maximum atomic E-state index is 5.63. The van der Waals surface area contributed by atoms with E-state index in [1.54, 1.807) is 11.3 Å². The monoisotopic (exact) mass is 355 g/mol. The van der Waals surface area contributed by atoms with Crippen LogP contribution in [-0.2, 0) is 5.41 Å². The zero-order valence-electron chi connectivity index (χ0n) is 11.5. The molecule has 1 aliphatic heterocycles. The number of aromatic nitrogens is 2. The molecular weight excluding hydrogens is 338 g/mol. The van der Waals surface area contributed by atoms with Gasteiger partial charge in [0.1, 0.15) is 0 Å². The van der Waals surface area contributed by atoms with Gasteiger partial charge < -0.3 is 9.84 Å². The van der Waals surface area contributed by atoms with E-state index >= 15 is 0 Å². The summed E-state index contributed by atoms with van der Waals surface area (Å²) < 4.78 is 6.69. The molecule has 1 saturated heterocycles. The first-order valence-electron chi connectivity index (χ1n) is 7.03. The molecule has 1 fully saturated rings. The summed E-state index contributed by atoms with van der Waals surface area (Å²) in [5.41, 5.74) is 0.0692. The minimum Gasteiger partial charge on any atom is -0.338 e. The van der Waals surface area contributed by atoms with Crippen LogP contribution in [0.1, 0.15) is 38.5 Å². The first-order valence-corrected chi connectivity index (χ1v) is 8.70. The Kier molecular flexibility index (Phi) is 4.23. The van der Waals surface area contributed by atoms with Gasteiger partial charge in [-0.2, -0.15) is 4.98 Å². The number of nitrogens with one attached hydrogen (secondary N) is 1. The van der Waals surface area contributed by atoms with Crippen LogP contribution in [-0.4, -0.2) is 23.2 Å². The number of nitrogens with zero attached hydrogens (tertiary/aromatic N) is 2. The van der Waals surface area contributed by atoms with Crippen LogP contribution in [0.5, 0.6) is 0 Å². The van der Waals surface area contributed by atoms with E-state index in [1.165, 1.54) is 0 Å². The Bertz CT molecular complexity index is 569. The molecule has 4 nitrogen and oxygen atoms in total. The van der Waals surface area contributed by atoms with E-state index in [0.717, 1.165) is 54.0 Å². The highest BCUT2D eigenvalue weighted by Crippen LogP contribution is 2.38. The third kappa shape index (κ3) is 2.69. The van der Waals surface area contributed by atoms with Crippen molar-refractivity contribution in [2.75, 3.05) is 13.1 Å². The van der Waals surface area contributed by atoms with Gasteiger partial charge in [0, 0.05) is 9.85 Å². The summed E-state index contributed by atoms with van der Waals surface area (Å²) in [7, 11) is 0. The third-order valence-electron chi connectivity index (χ3n) is 3.96. The fraction of sp³-hybridized carbons (Fsp3) is 0.571. The lowest BCUT2D eigenvalue weighted by atomic mass is 9.75. The molecule has 0 atom stereocenters. The maximum Gasteiger partial charge on any atom is 0.233 e. The molecule has 0 saturated carbocycles. The summed E-state index contributed by atoms with van der Waals surface area (Å²) in [5, 5.41) is 9.64. The van der Waals surface area contributed by atoms with Gasteiger partial charge >= 0.3 is 0 Å². The molecular formula is C14H18BrN3OS. The molecule has 108 valence electrons. The Labute approximate surface area is 131 Å². The average Bonchev–Trinajstić information content (AvgIpc) is 3.09. The fourth-order valence-corrected chi connectivity index (χ4v) is 4.28. The quantitative estimate of drug-likeness (QED) is 0.900. The normalized spacial score (nSPS) is 18.3. The van der Waals surface area contributed by atoms with Crippen molar-refractivity contribution in [2.45, 2.75) is 38.0 Å². The van der Waals surface area contributed by atoms with Crippen molar-refractivity contribution in [3.8, 4) is 10.7 Å². The summed E-state index contributed by atoms with van der Waals surface area (Å²) >= 11 is 5.09. The van der Waals surface area contributed by atoms with Crippen LogP contribution in [0.2, 0.25) is 0 Å². The number of thiophene rings is 1. The lowest BCUT2D eigenvalue weighted by molar-refractivity contribution is 0.208. The second kappa shape index (κ2) is 5.95.